The molecule has 5 atom stereocenters. The fraction of sp³-hybridized carbons (Fsp3) is 0.835. The number of hydrogen-bond donors (Lipinski definition) is 3. The van der Waals surface area contributed by atoms with E-state index in [0.29, 0.717) is 32.1 Å². The number of hydrogen-bond acceptors (Lipinski definition) is 15. The van der Waals surface area contributed by atoms with Crippen LogP contribution in [0.2, 0.25) is 0 Å². The van der Waals surface area contributed by atoms with E-state index in [1.807, 2.05) is 12.2 Å². The maximum absolute atomic E-state index is 13.1. The Labute approximate surface area is 635 Å². The van der Waals surface area contributed by atoms with Crippen molar-refractivity contribution < 1.29 is 80.2 Å². The van der Waals surface area contributed by atoms with Gasteiger partial charge in [0.05, 0.1) is 26.4 Å². The molecule has 0 heterocycles. The van der Waals surface area contributed by atoms with Crippen LogP contribution < -0.4 is 0 Å². The molecule has 0 aromatic carbocycles. The number of phosphoric ester groups is 2. The number of carbonyl (C=O) groups is 4. The molecule has 0 saturated carbocycles. The number of phosphoric acid groups is 2. The summed E-state index contributed by atoms with van der Waals surface area (Å²) in [6, 6.07) is 0. The minimum absolute atomic E-state index is 0.0901. The summed E-state index contributed by atoms with van der Waals surface area (Å²) in [6.07, 6.45) is 79.0. The van der Waals surface area contributed by atoms with Gasteiger partial charge in [0.25, 0.3) is 0 Å². The van der Waals surface area contributed by atoms with Crippen molar-refractivity contribution in [3.05, 3.63) is 60.8 Å². The lowest BCUT2D eigenvalue weighted by Gasteiger charge is -2.21. The van der Waals surface area contributed by atoms with Crippen molar-refractivity contribution in [2.45, 2.75) is 418 Å². The molecular formula is C85H156O17P2. The average molecular weight is 1510 g/mol. The monoisotopic (exact) mass is 1510 g/mol. The molecule has 0 radical (unpaired) electrons. The van der Waals surface area contributed by atoms with Crippen LogP contribution in [0.25, 0.3) is 0 Å². The third kappa shape index (κ3) is 76.9. The Morgan fingerprint density at radius 2 is 0.481 bits per heavy atom. The van der Waals surface area contributed by atoms with E-state index in [9.17, 15) is 43.2 Å². The molecule has 2 unspecified atom stereocenters. The summed E-state index contributed by atoms with van der Waals surface area (Å²) in [5, 5.41) is 10.7. The lowest BCUT2D eigenvalue weighted by Crippen LogP contribution is -2.30. The Bertz CT molecular complexity index is 2200. The molecule has 0 saturated heterocycles. The Morgan fingerprint density at radius 3 is 0.788 bits per heavy atom. The number of aliphatic hydroxyl groups is 1. The zero-order valence-corrected chi connectivity index (χ0v) is 68.5. The van der Waals surface area contributed by atoms with Gasteiger partial charge in [-0.15, -0.1) is 0 Å². The van der Waals surface area contributed by atoms with Crippen LogP contribution in [0.4, 0.5) is 0 Å². The third-order valence-corrected chi connectivity index (χ3v) is 20.4. The SMILES string of the molecule is CCCCC/C=C\C/C=C\C/C=C\C/C=C\CCCC(=O)OC[C@H](COP(=O)(O)OC[C@H](O)COP(=O)(O)OC[C@@H](COC(=O)CCCCCCC/C=C\CCCCCCCC)OC(=O)CCCCCCCCCCCCCCCCCCC)OC(=O)CCCCCCCCCCCCCCCCC. The van der Waals surface area contributed by atoms with Gasteiger partial charge in [0, 0.05) is 25.7 Å². The van der Waals surface area contributed by atoms with E-state index in [1.54, 1.807) is 0 Å². The highest BCUT2D eigenvalue weighted by atomic mass is 31.2. The summed E-state index contributed by atoms with van der Waals surface area (Å²) in [7, 11) is -9.96. The summed E-state index contributed by atoms with van der Waals surface area (Å²) in [4.78, 5) is 73.1. The minimum atomic E-state index is -4.98. The number of carbonyl (C=O) groups excluding carboxylic acids is 4. The molecule has 0 aliphatic carbocycles. The highest BCUT2D eigenvalue weighted by molar-refractivity contribution is 7.47. The largest absolute Gasteiger partial charge is 0.472 e. The van der Waals surface area contributed by atoms with Gasteiger partial charge in [-0.25, -0.2) is 9.13 Å². The molecule has 0 spiro atoms. The van der Waals surface area contributed by atoms with Crippen LogP contribution in [0, 0.1) is 0 Å². The Kier molecular flexibility index (Phi) is 75.5. The number of ether oxygens (including phenoxy) is 4. The van der Waals surface area contributed by atoms with Crippen molar-refractivity contribution in [1.29, 1.82) is 0 Å². The van der Waals surface area contributed by atoms with Crippen LogP contribution in [-0.4, -0.2) is 96.7 Å². The molecule has 0 aromatic rings. The first kappa shape index (κ1) is 101. The first-order valence-corrected chi connectivity index (χ1v) is 45.5. The molecule has 17 nitrogen and oxygen atoms in total. The fourth-order valence-corrected chi connectivity index (χ4v) is 13.6. The number of esters is 4. The van der Waals surface area contributed by atoms with E-state index in [-0.39, 0.29) is 25.7 Å². The summed E-state index contributed by atoms with van der Waals surface area (Å²) < 4.78 is 68.7. The minimum Gasteiger partial charge on any atom is -0.462 e. The van der Waals surface area contributed by atoms with Gasteiger partial charge < -0.3 is 33.8 Å². The maximum atomic E-state index is 13.1. The van der Waals surface area contributed by atoms with Crippen molar-refractivity contribution >= 4 is 39.5 Å². The summed E-state index contributed by atoms with van der Waals surface area (Å²) in [6.45, 7) is 4.88. The quantitative estimate of drug-likeness (QED) is 0.0169. The average Bonchev–Trinajstić information content (AvgIpc) is 0.909. The summed E-state index contributed by atoms with van der Waals surface area (Å²) in [5.74, 6) is -2.21. The van der Waals surface area contributed by atoms with Gasteiger partial charge in [0.15, 0.2) is 12.2 Å². The van der Waals surface area contributed by atoms with E-state index in [1.165, 1.54) is 199 Å². The van der Waals surface area contributed by atoms with Crippen LogP contribution in [0.3, 0.4) is 0 Å². The summed E-state index contributed by atoms with van der Waals surface area (Å²) >= 11 is 0. The highest BCUT2D eigenvalue weighted by Crippen LogP contribution is 2.45. The number of rotatable bonds is 81. The van der Waals surface area contributed by atoms with Gasteiger partial charge in [-0.3, -0.25) is 37.3 Å². The van der Waals surface area contributed by atoms with E-state index in [0.717, 1.165) is 116 Å². The Hall–Kier alpha value is -3.24. The van der Waals surface area contributed by atoms with E-state index in [2.05, 4.69) is 76.3 Å². The summed E-state index contributed by atoms with van der Waals surface area (Å²) in [5.41, 5.74) is 0. The van der Waals surface area contributed by atoms with Gasteiger partial charge in [-0.05, 0) is 89.9 Å². The zero-order chi connectivity index (χ0) is 76.0. The first-order chi connectivity index (χ1) is 50.7. The van der Waals surface area contributed by atoms with Crippen molar-refractivity contribution in [1.82, 2.24) is 0 Å². The number of aliphatic hydroxyl groups excluding tert-OH is 1. The Morgan fingerprint density at radius 1 is 0.269 bits per heavy atom. The molecule has 0 bridgehead atoms. The second-order valence-corrected chi connectivity index (χ2v) is 31.7. The highest BCUT2D eigenvalue weighted by Gasteiger charge is 2.30. The molecule has 0 aliphatic heterocycles. The van der Waals surface area contributed by atoms with Crippen molar-refractivity contribution in [2.24, 2.45) is 0 Å². The third-order valence-electron chi connectivity index (χ3n) is 18.5. The Balaban J connectivity index is 5.37. The van der Waals surface area contributed by atoms with Gasteiger partial charge in [0.1, 0.15) is 19.3 Å². The lowest BCUT2D eigenvalue weighted by atomic mass is 10.0. The first-order valence-electron chi connectivity index (χ1n) is 42.5. The van der Waals surface area contributed by atoms with Crippen LogP contribution in [0.5, 0.6) is 0 Å². The van der Waals surface area contributed by atoms with Crippen LogP contribution in [0.15, 0.2) is 60.8 Å². The number of unbranched alkanes of at least 4 members (excludes halogenated alkanes) is 45. The number of allylic oxidation sites excluding steroid dienone is 10. The van der Waals surface area contributed by atoms with Gasteiger partial charge in [0.2, 0.25) is 0 Å². The van der Waals surface area contributed by atoms with Crippen molar-refractivity contribution in [3.63, 3.8) is 0 Å². The maximum Gasteiger partial charge on any atom is 0.472 e. The predicted molar refractivity (Wildman–Crippen MR) is 427 cm³/mol. The normalized spacial score (nSPS) is 14.1. The lowest BCUT2D eigenvalue weighted by molar-refractivity contribution is -0.161. The molecule has 0 fully saturated rings. The van der Waals surface area contributed by atoms with E-state index < -0.39 is 97.5 Å². The van der Waals surface area contributed by atoms with E-state index >= 15 is 0 Å². The second-order valence-electron chi connectivity index (χ2n) is 28.8. The standard InChI is InChI=1S/C85H156O17P2/c1-5-9-13-17-21-25-29-33-37-39-43-46-50-54-58-62-66-70-83(88)96-76-80(101-84(89)71-67-63-59-55-51-47-42-36-32-28-24-20-16-12-8-4)77-99-103(91,92)97-73-79(86)74-98-104(93,94)100-78-81(75-95-82(87)69-65-61-57-53-49-45-41-35-31-27-23-19-15-11-7-3)102-85(90)72-68-64-60-56-52-48-44-40-38-34-30-26-22-18-14-10-6-2/h21,25,33,35,37,41,43,46,54,58,79-81,86H,5-20,22-24,26-32,34,36,38-40,42,44-45,47-53,55-57,59-78H2,1-4H3,(H,91,92)(H,93,94)/b25-21-,37-33-,41-35-,46-43-,58-54-/t79-,80+,81+/m0/s1. The van der Waals surface area contributed by atoms with Crippen LogP contribution in [-0.2, 0) is 65.4 Å². The smallest absolute Gasteiger partial charge is 0.462 e. The molecule has 104 heavy (non-hydrogen) atoms. The molecule has 0 aliphatic rings. The van der Waals surface area contributed by atoms with Crippen LogP contribution >= 0.6 is 15.6 Å². The fourth-order valence-electron chi connectivity index (χ4n) is 12.0. The molecular weight excluding hydrogens is 1350 g/mol. The molecule has 0 aromatic heterocycles. The van der Waals surface area contributed by atoms with Gasteiger partial charge in [-0.2, -0.15) is 0 Å². The molecule has 0 rings (SSSR count). The second kappa shape index (κ2) is 77.9. The van der Waals surface area contributed by atoms with E-state index in [4.69, 9.17) is 37.0 Å². The van der Waals surface area contributed by atoms with Crippen LogP contribution in [0.1, 0.15) is 400 Å². The topological polar surface area (TPSA) is 237 Å². The van der Waals surface area contributed by atoms with Gasteiger partial charge in [-0.1, -0.05) is 345 Å². The van der Waals surface area contributed by atoms with Crippen molar-refractivity contribution in [2.75, 3.05) is 39.6 Å². The van der Waals surface area contributed by atoms with Crippen molar-refractivity contribution in [3.8, 4) is 0 Å². The predicted octanol–water partition coefficient (Wildman–Crippen LogP) is 25.0. The molecule has 0 amide bonds. The molecule has 608 valence electrons. The zero-order valence-electron chi connectivity index (χ0n) is 66.7. The molecule has 3 N–H and O–H groups in total. The molecule has 19 heteroatoms. The van der Waals surface area contributed by atoms with Gasteiger partial charge >= 0.3 is 39.5 Å².